The fourth-order valence-electron chi connectivity index (χ4n) is 4.63. The smallest absolute Gasteiger partial charge is 0.276 e. The highest BCUT2D eigenvalue weighted by molar-refractivity contribution is 7.99. The Balaban J connectivity index is 1.23. The minimum absolute atomic E-state index is 0.122. The number of carbonyl (C=O) groups is 2. The molecule has 192 valence electrons. The van der Waals surface area contributed by atoms with Crippen LogP contribution >= 0.6 is 11.8 Å². The molecule has 0 unspecified atom stereocenters. The van der Waals surface area contributed by atoms with Crippen LogP contribution in [0, 0.1) is 5.92 Å². The third-order valence-electron chi connectivity index (χ3n) is 6.76. The van der Waals surface area contributed by atoms with E-state index in [0.717, 1.165) is 29.0 Å². The van der Waals surface area contributed by atoms with Gasteiger partial charge in [0.1, 0.15) is 6.04 Å². The number of likely N-dealkylation sites (tertiary alicyclic amines) is 1. The molecule has 0 radical (unpaired) electrons. The highest BCUT2D eigenvalue weighted by Gasteiger charge is 2.33. The molecule has 0 spiro atoms. The Bertz CT molecular complexity index is 1460. The third kappa shape index (κ3) is 5.11. The monoisotopic (exact) mass is 518 g/mol. The van der Waals surface area contributed by atoms with Crippen molar-refractivity contribution in [3.8, 4) is 5.88 Å². The zero-order valence-electron chi connectivity index (χ0n) is 21.1. The summed E-state index contributed by atoms with van der Waals surface area (Å²) in [5.41, 5.74) is 2.90. The van der Waals surface area contributed by atoms with Crippen LogP contribution in [0.15, 0.2) is 53.7 Å². The molecule has 1 fully saturated rings. The Kier molecular flexibility index (Phi) is 7.01. The maximum absolute atomic E-state index is 13.4. The molecule has 1 atom stereocenters. The van der Waals surface area contributed by atoms with E-state index < -0.39 is 17.8 Å². The average Bonchev–Trinajstić information content (AvgIpc) is 3.21. The largest absolute Gasteiger partial charge is 0.492 e. The number of aryl methyl sites for hydroxylation is 1. The fourth-order valence-corrected chi connectivity index (χ4v) is 5.79. The van der Waals surface area contributed by atoms with E-state index in [1.165, 1.54) is 0 Å². The number of amides is 2. The summed E-state index contributed by atoms with van der Waals surface area (Å²) < 4.78 is 2.12. The minimum atomic E-state index is -0.732. The summed E-state index contributed by atoms with van der Waals surface area (Å²) in [6, 6.07) is 14.4. The lowest BCUT2D eigenvalue weighted by molar-refractivity contribution is -0.135. The van der Waals surface area contributed by atoms with Gasteiger partial charge in [0, 0.05) is 25.4 Å². The van der Waals surface area contributed by atoms with Crippen LogP contribution in [0.3, 0.4) is 0 Å². The van der Waals surface area contributed by atoms with Crippen molar-refractivity contribution in [2.24, 2.45) is 13.0 Å². The summed E-state index contributed by atoms with van der Waals surface area (Å²) in [7, 11) is 2.03. The van der Waals surface area contributed by atoms with Crippen LogP contribution in [-0.4, -0.2) is 65.7 Å². The Hall–Kier alpha value is -3.66. The van der Waals surface area contributed by atoms with Gasteiger partial charge in [0.15, 0.2) is 10.9 Å². The number of piperidine rings is 1. The first-order valence-electron chi connectivity index (χ1n) is 12.5. The number of hydrogen-bond acceptors (Lipinski definition) is 7. The Morgan fingerprint density at radius 1 is 0.973 bits per heavy atom. The normalized spacial score (nSPS) is 15.4. The van der Waals surface area contributed by atoms with Gasteiger partial charge in [-0.25, -0.2) is 15.0 Å². The van der Waals surface area contributed by atoms with Gasteiger partial charge >= 0.3 is 0 Å². The number of nitrogens with zero attached hydrogens (tertiary/aromatic N) is 5. The van der Waals surface area contributed by atoms with E-state index in [4.69, 9.17) is 4.98 Å². The van der Waals surface area contributed by atoms with Crippen LogP contribution in [0.2, 0.25) is 0 Å². The van der Waals surface area contributed by atoms with Crippen molar-refractivity contribution < 1.29 is 14.7 Å². The van der Waals surface area contributed by atoms with Gasteiger partial charge in [-0.2, -0.15) is 0 Å². The van der Waals surface area contributed by atoms with E-state index in [1.54, 1.807) is 36.0 Å². The first-order valence-corrected chi connectivity index (χ1v) is 13.3. The highest BCUT2D eigenvalue weighted by Crippen LogP contribution is 2.32. The Morgan fingerprint density at radius 2 is 1.59 bits per heavy atom. The summed E-state index contributed by atoms with van der Waals surface area (Å²) in [5.74, 6) is -1.33. The van der Waals surface area contributed by atoms with Crippen LogP contribution < -0.4 is 5.32 Å². The molecule has 2 N–H and O–H groups in total. The second kappa shape index (κ2) is 10.4. The SMILES string of the molecule is CC(C)[C@H](NC(=O)c1nc2ccccc2nc1O)C(=O)N1CCC(Sc2nc3ccccc3n2C)CC1. The van der Waals surface area contributed by atoms with Gasteiger partial charge in [0.2, 0.25) is 11.8 Å². The van der Waals surface area contributed by atoms with Gasteiger partial charge in [0.05, 0.1) is 22.1 Å². The van der Waals surface area contributed by atoms with Crippen molar-refractivity contribution in [1.82, 2.24) is 29.7 Å². The molecule has 1 aliphatic rings. The average molecular weight is 519 g/mol. The fraction of sp³-hybridized carbons (Fsp3) is 0.370. The Labute approximate surface area is 219 Å². The van der Waals surface area contributed by atoms with Crippen molar-refractivity contribution in [1.29, 1.82) is 0 Å². The molecule has 4 aromatic rings. The number of aromatic hydroxyl groups is 1. The number of thioether (sulfide) groups is 1. The van der Waals surface area contributed by atoms with E-state index in [1.807, 2.05) is 44.0 Å². The lowest BCUT2D eigenvalue weighted by atomic mass is 10.0. The van der Waals surface area contributed by atoms with Crippen molar-refractivity contribution >= 4 is 45.6 Å². The van der Waals surface area contributed by atoms with Gasteiger partial charge in [0.25, 0.3) is 5.91 Å². The zero-order chi connectivity index (χ0) is 26.1. The maximum Gasteiger partial charge on any atom is 0.276 e. The van der Waals surface area contributed by atoms with Gasteiger partial charge in [-0.15, -0.1) is 0 Å². The Morgan fingerprint density at radius 3 is 2.24 bits per heavy atom. The standard InChI is InChI=1S/C27H30N6O3S/c1-16(2)22(31-25(35)23-24(34)29-19-9-5-4-8-18(19)28-23)26(36)33-14-12-17(13-15-33)37-27-30-20-10-6-7-11-21(20)32(27)3/h4-11,16-17,22H,12-15H2,1-3H3,(H,29,34)(H,31,35)/t22-/m0/s1. The molecular weight excluding hydrogens is 488 g/mol. The first-order chi connectivity index (χ1) is 17.8. The molecule has 10 heteroatoms. The highest BCUT2D eigenvalue weighted by atomic mass is 32.2. The van der Waals surface area contributed by atoms with E-state index in [9.17, 15) is 14.7 Å². The van der Waals surface area contributed by atoms with Crippen LogP contribution in [0.5, 0.6) is 5.88 Å². The number of para-hydroxylation sites is 4. The first kappa shape index (κ1) is 25.0. The molecule has 0 bridgehead atoms. The van der Waals surface area contributed by atoms with Gasteiger partial charge in [-0.3, -0.25) is 9.59 Å². The number of hydrogen-bond donors (Lipinski definition) is 2. The summed E-state index contributed by atoms with van der Waals surface area (Å²) in [5, 5.41) is 14.4. The molecule has 2 amide bonds. The molecular formula is C27H30N6O3S. The quantitative estimate of drug-likeness (QED) is 0.400. The second-order valence-electron chi connectivity index (χ2n) is 9.66. The minimum Gasteiger partial charge on any atom is -0.492 e. The summed E-state index contributed by atoms with van der Waals surface area (Å²) in [6.07, 6.45) is 1.69. The molecule has 37 heavy (non-hydrogen) atoms. The van der Waals surface area contributed by atoms with Crippen LogP contribution in [0.1, 0.15) is 37.2 Å². The van der Waals surface area contributed by atoms with E-state index in [2.05, 4.69) is 25.9 Å². The van der Waals surface area contributed by atoms with Crippen LogP contribution in [0.25, 0.3) is 22.1 Å². The van der Waals surface area contributed by atoms with Crippen molar-refractivity contribution in [3.05, 3.63) is 54.2 Å². The number of nitrogens with one attached hydrogen (secondary N) is 1. The lowest BCUT2D eigenvalue weighted by Gasteiger charge is -2.35. The van der Waals surface area contributed by atoms with Crippen LogP contribution in [-0.2, 0) is 11.8 Å². The van der Waals surface area contributed by atoms with E-state index >= 15 is 0 Å². The number of benzene rings is 2. The predicted molar refractivity (Wildman–Crippen MR) is 143 cm³/mol. The van der Waals surface area contributed by atoms with Gasteiger partial charge < -0.3 is 19.9 Å². The molecule has 2 aromatic carbocycles. The molecule has 3 heterocycles. The third-order valence-corrected chi connectivity index (χ3v) is 8.14. The van der Waals surface area contributed by atoms with Gasteiger partial charge in [-0.05, 0) is 43.0 Å². The summed E-state index contributed by atoms with van der Waals surface area (Å²) in [4.78, 5) is 41.4. The lowest BCUT2D eigenvalue weighted by Crippen LogP contribution is -2.53. The number of carbonyl (C=O) groups excluding carboxylic acids is 2. The number of imidazole rings is 1. The number of rotatable bonds is 6. The second-order valence-corrected chi connectivity index (χ2v) is 10.9. The van der Waals surface area contributed by atoms with Gasteiger partial charge in [-0.1, -0.05) is 49.9 Å². The van der Waals surface area contributed by atoms with E-state index in [0.29, 0.717) is 29.4 Å². The summed E-state index contributed by atoms with van der Waals surface area (Å²) >= 11 is 1.76. The molecule has 5 rings (SSSR count). The van der Waals surface area contributed by atoms with Crippen molar-refractivity contribution in [2.45, 2.75) is 43.1 Å². The van der Waals surface area contributed by atoms with Crippen LogP contribution in [0.4, 0.5) is 0 Å². The number of aromatic nitrogens is 4. The zero-order valence-corrected chi connectivity index (χ0v) is 21.9. The maximum atomic E-state index is 13.4. The summed E-state index contributed by atoms with van der Waals surface area (Å²) in [6.45, 7) is 5.01. The molecule has 2 aromatic heterocycles. The molecule has 1 aliphatic heterocycles. The molecule has 0 aliphatic carbocycles. The molecule has 1 saturated heterocycles. The van der Waals surface area contributed by atoms with Crippen molar-refractivity contribution in [2.75, 3.05) is 13.1 Å². The van der Waals surface area contributed by atoms with E-state index in [-0.39, 0.29) is 17.5 Å². The number of fused-ring (bicyclic) bond motifs is 2. The molecule has 0 saturated carbocycles. The van der Waals surface area contributed by atoms with Crippen molar-refractivity contribution in [3.63, 3.8) is 0 Å². The topological polar surface area (TPSA) is 113 Å². The molecule has 9 nitrogen and oxygen atoms in total. The predicted octanol–water partition coefficient (Wildman–Crippen LogP) is 3.76.